The third-order valence-electron chi connectivity index (χ3n) is 4.02. The molecule has 0 radical (unpaired) electrons. The third-order valence-corrected chi connectivity index (χ3v) is 8.26. The lowest BCUT2D eigenvalue weighted by molar-refractivity contribution is 0.440. The van der Waals surface area contributed by atoms with Crippen LogP contribution in [0.4, 0.5) is 0 Å². The van der Waals surface area contributed by atoms with Crippen LogP contribution in [0.25, 0.3) is 0 Å². The first-order valence-corrected chi connectivity index (χ1v) is 10.4. The van der Waals surface area contributed by atoms with E-state index in [0.29, 0.717) is 10.9 Å². The summed E-state index contributed by atoms with van der Waals surface area (Å²) in [5.41, 5.74) is -0.0394. The molecule has 1 aliphatic carbocycles. The quantitative estimate of drug-likeness (QED) is 0.865. The Hall–Kier alpha value is -0.400. The van der Waals surface area contributed by atoms with Gasteiger partial charge >= 0.3 is 0 Å². The minimum Gasteiger partial charge on any atom is -0.210 e. The second-order valence-corrected chi connectivity index (χ2v) is 10.0. The summed E-state index contributed by atoms with van der Waals surface area (Å²) in [6.45, 7) is 0.464. The maximum absolute atomic E-state index is 12.4. The second kappa shape index (κ2) is 6.01. The summed E-state index contributed by atoms with van der Waals surface area (Å²) in [5.74, 6) is 0. The van der Waals surface area contributed by atoms with E-state index in [4.69, 9.17) is 11.6 Å². The van der Waals surface area contributed by atoms with Crippen molar-refractivity contribution >= 4 is 44.3 Å². The summed E-state index contributed by atoms with van der Waals surface area (Å²) in [6, 6.07) is 7.33. The van der Waals surface area contributed by atoms with Gasteiger partial charge in [-0.05, 0) is 36.4 Å². The van der Waals surface area contributed by atoms with Gasteiger partial charge < -0.3 is 0 Å². The van der Waals surface area contributed by atoms with Crippen LogP contribution in [-0.4, -0.2) is 15.0 Å². The first-order valence-electron chi connectivity index (χ1n) is 6.81. The summed E-state index contributed by atoms with van der Waals surface area (Å²) < 4.78 is 28.3. The fourth-order valence-corrected chi connectivity index (χ4v) is 6.53. The van der Waals surface area contributed by atoms with E-state index in [0.717, 1.165) is 37.0 Å². The minimum absolute atomic E-state index is 0.0394. The van der Waals surface area contributed by atoms with Crippen LogP contribution < -0.4 is 4.72 Å². The molecule has 0 atom stereocenters. The lowest BCUT2D eigenvalue weighted by Crippen LogP contribution is -2.38. The van der Waals surface area contributed by atoms with E-state index in [1.807, 2.05) is 6.07 Å². The van der Waals surface area contributed by atoms with Gasteiger partial charge in [0.25, 0.3) is 0 Å². The Labute approximate surface area is 138 Å². The highest BCUT2D eigenvalue weighted by Crippen LogP contribution is 2.42. The molecule has 114 valence electrons. The lowest BCUT2D eigenvalue weighted by atomic mass is 9.85. The van der Waals surface area contributed by atoms with E-state index in [2.05, 4.69) is 16.2 Å². The highest BCUT2D eigenvalue weighted by molar-refractivity contribution is 7.91. The molecule has 0 saturated heterocycles. The SMILES string of the molecule is O=S(=O)(NCC1(c2cccs2)CCCC1)c1ccc(Cl)s1. The molecular formula is C14H16ClNO2S3. The average molecular weight is 362 g/mol. The smallest absolute Gasteiger partial charge is 0.210 e. The molecule has 0 spiro atoms. The van der Waals surface area contributed by atoms with Gasteiger partial charge in [-0.25, -0.2) is 13.1 Å². The number of nitrogens with one attached hydrogen (secondary N) is 1. The first kappa shape index (κ1) is 15.5. The Balaban J connectivity index is 1.79. The molecule has 0 amide bonds. The molecule has 21 heavy (non-hydrogen) atoms. The molecule has 0 unspecified atom stereocenters. The van der Waals surface area contributed by atoms with Crippen LogP contribution in [0, 0.1) is 0 Å². The van der Waals surface area contributed by atoms with Gasteiger partial charge in [-0.3, -0.25) is 0 Å². The van der Waals surface area contributed by atoms with Gasteiger partial charge in [0.1, 0.15) is 4.21 Å². The standard InChI is InChI=1S/C14H16ClNO2S3/c15-12-5-6-13(20-12)21(17,18)16-10-14(7-1-2-8-14)11-4-3-9-19-11/h3-6,9,16H,1-2,7-8,10H2. The van der Waals surface area contributed by atoms with Gasteiger partial charge in [0, 0.05) is 16.8 Å². The molecule has 3 nitrogen and oxygen atoms in total. The monoisotopic (exact) mass is 361 g/mol. The molecule has 1 fully saturated rings. The first-order chi connectivity index (χ1) is 10.0. The van der Waals surface area contributed by atoms with Crippen molar-refractivity contribution in [2.24, 2.45) is 0 Å². The number of hydrogen-bond acceptors (Lipinski definition) is 4. The molecular weight excluding hydrogens is 346 g/mol. The molecule has 2 heterocycles. The number of sulfonamides is 1. The van der Waals surface area contributed by atoms with Crippen molar-refractivity contribution in [2.45, 2.75) is 35.3 Å². The maximum atomic E-state index is 12.4. The van der Waals surface area contributed by atoms with E-state index < -0.39 is 10.0 Å². The van der Waals surface area contributed by atoms with Crippen LogP contribution in [0.3, 0.4) is 0 Å². The van der Waals surface area contributed by atoms with E-state index in [-0.39, 0.29) is 9.62 Å². The van der Waals surface area contributed by atoms with Crippen molar-refractivity contribution < 1.29 is 8.42 Å². The van der Waals surface area contributed by atoms with Crippen LogP contribution in [0.1, 0.15) is 30.6 Å². The van der Waals surface area contributed by atoms with E-state index in [1.165, 1.54) is 4.88 Å². The molecule has 2 aromatic rings. The highest BCUT2D eigenvalue weighted by atomic mass is 35.5. The Kier molecular flexibility index (Phi) is 4.43. The van der Waals surface area contributed by atoms with Gasteiger partial charge in [0.05, 0.1) is 4.34 Å². The Morgan fingerprint density at radius 1 is 1.24 bits per heavy atom. The van der Waals surface area contributed by atoms with Crippen LogP contribution in [0.5, 0.6) is 0 Å². The topological polar surface area (TPSA) is 46.2 Å². The van der Waals surface area contributed by atoms with Crippen molar-refractivity contribution in [3.05, 3.63) is 38.9 Å². The van der Waals surface area contributed by atoms with Crippen LogP contribution in [-0.2, 0) is 15.4 Å². The van der Waals surface area contributed by atoms with E-state index >= 15 is 0 Å². The zero-order chi connectivity index (χ0) is 14.9. The summed E-state index contributed by atoms with van der Waals surface area (Å²) >= 11 is 8.64. The average Bonchev–Trinajstić information content (AvgIpc) is 3.18. The molecule has 1 N–H and O–H groups in total. The summed E-state index contributed by atoms with van der Waals surface area (Å²) in [4.78, 5) is 1.28. The predicted molar refractivity (Wildman–Crippen MR) is 89.0 cm³/mol. The fourth-order valence-electron chi connectivity index (χ4n) is 2.89. The normalized spacial score (nSPS) is 18.1. The molecule has 1 aliphatic rings. The Bertz CT molecular complexity index is 700. The minimum atomic E-state index is -3.47. The lowest BCUT2D eigenvalue weighted by Gasteiger charge is -2.28. The zero-order valence-corrected chi connectivity index (χ0v) is 14.5. The molecule has 0 aliphatic heterocycles. The van der Waals surface area contributed by atoms with Gasteiger partial charge in [0.15, 0.2) is 0 Å². The Morgan fingerprint density at radius 2 is 2.00 bits per heavy atom. The van der Waals surface area contributed by atoms with Gasteiger partial charge in [-0.1, -0.05) is 30.5 Å². The van der Waals surface area contributed by atoms with Gasteiger partial charge in [0.2, 0.25) is 10.0 Å². The number of hydrogen-bond donors (Lipinski definition) is 1. The summed E-state index contributed by atoms with van der Waals surface area (Å²) in [7, 11) is -3.47. The van der Waals surface area contributed by atoms with Crippen molar-refractivity contribution in [1.82, 2.24) is 4.72 Å². The summed E-state index contributed by atoms with van der Waals surface area (Å²) in [6.07, 6.45) is 4.40. The highest BCUT2D eigenvalue weighted by Gasteiger charge is 2.37. The van der Waals surface area contributed by atoms with Crippen LogP contribution in [0.2, 0.25) is 4.34 Å². The number of thiophene rings is 2. The molecule has 1 saturated carbocycles. The Morgan fingerprint density at radius 3 is 2.57 bits per heavy atom. The molecule has 0 aromatic carbocycles. The molecule has 2 aromatic heterocycles. The third kappa shape index (κ3) is 3.19. The molecule has 3 rings (SSSR count). The zero-order valence-electron chi connectivity index (χ0n) is 11.3. The van der Waals surface area contributed by atoms with Gasteiger partial charge in [-0.2, -0.15) is 0 Å². The van der Waals surface area contributed by atoms with Crippen LogP contribution in [0.15, 0.2) is 33.9 Å². The fraction of sp³-hybridized carbons (Fsp3) is 0.429. The molecule has 0 bridgehead atoms. The van der Waals surface area contributed by atoms with Crippen molar-refractivity contribution in [3.8, 4) is 0 Å². The van der Waals surface area contributed by atoms with Crippen molar-refractivity contribution in [2.75, 3.05) is 6.54 Å². The second-order valence-electron chi connectivity index (χ2n) is 5.35. The van der Waals surface area contributed by atoms with E-state index in [9.17, 15) is 8.42 Å². The number of halogens is 1. The van der Waals surface area contributed by atoms with Crippen molar-refractivity contribution in [1.29, 1.82) is 0 Å². The maximum Gasteiger partial charge on any atom is 0.250 e. The van der Waals surface area contributed by atoms with E-state index in [1.54, 1.807) is 23.5 Å². The largest absolute Gasteiger partial charge is 0.250 e. The van der Waals surface area contributed by atoms with Crippen molar-refractivity contribution in [3.63, 3.8) is 0 Å². The predicted octanol–water partition coefficient (Wildman–Crippen LogP) is 4.25. The molecule has 7 heteroatoms. The number of rotatable bonds is 5. The van der Waals surface area contributed by atoms with Crippen LogP contribution >= 0.6 is 34.3 Å². The summed E-state index contributed by atoms with van der Waals surface area (Å²) in [5, 5.41) is 2.06. The van der Waals surface area contributed by atoms with Gasteiger partial charge in [-0.15, -0.1) is 22.7 Å².